The molecular weight excluding hydrogens is 384 g/mol. The maximum atomic E-state index is 6.12. The predicted molar refractivity (Wildman–Crippen MR) is 114 cm³/mol. The van der Waals surface area contributed by atoms with Crippen molar-refractivity contribution >= 4 is 23.1 Å². The van der Waals surface area contributed by atoms with Crippen molar-refractivity contribution in [1.82, 2.24) is 14.8 Å². The summed E-state index contributed by atoms with van der Waals surface area (Å²) >= 11 is 6.12. The monoisotopic (exact) mass is 402 g/mol. The minimum absolute atomic E-state index is 0.0462. The number of rotatable bonds is 4. The molecule has 0 saturated heterocycles. The van der Waals surface area contributed by atoms with Crippen LogP contribution < -0.4 is 0 Å². The number of furan rings is 1. The standard InChI is InChI=1S/C23H19ClN4O/c1-2-17-22(15-8-10-16(24)11-9-15)23-26-19(21-7-5-13-29-21)14-20(28(23)27-17)18-6-3-4-12-25-18/h3-13,20H,2,14H2,1H3/t20-/m0/s1. The van der Waals surface area contributed by atoms with E-state index in [0.717, 1.165) is 46.2 Å². The zero-order chi connectivity index (χ0) is 19.8. The van der Waals surface area contributed by atoms with Gasteiger partial charge in [-0.1, -0.05) is 36.7 Å². The van der Waals surface area contributed by atoms with Gasteiger partial charge in [0.2, 0.25) is 0 Å². The van der Waals surface area contributed by atoms with Gasteiger partial charge in [-0.05, 0) is 48.4 Å². The van der Waals surface area contributed by atoms with Gasteiger partial charge < -0.3 is 4.42 Å². The first-order valence-corrected chi connectivity index (χ1v) is 10.0. The van der Waals surface area contributed by atoms with Gasteiger partial charge in [0.15, 0.2) is 5.82 Å². The molecule has 5 nitrogen and oxygen atoms in total. The molecule has 1 aliphatic rings. The number of halogens is 1. The van der Waals surface area contributed by atoms with Gasteiger partial charge in [0.25, 0.3) is 0 Å². The van der Waals surface area contributed by atoms with Crippen LogP contribution in [0.2, 0.25) is 5.02 Å². The van der Waals surface area contributed by atoms with Gasteiger partial charge in [-0.3, -0.25) is 4.98 Å². The zero-order valence-corrected chi connectivity index (χ0v) is 16.7. The van der Waals surface area contributed by atoms with Crippen LogP contribution in [-0.4, -0.2) is 20.5 Å². The molecule has 6 heteroatoms. The Hall–Kier alpha value is -3.18. The summed E-state index contributed by atoms with van der Waals surface area (Å²) in [5.74, 6) is 1.61. The van der Waals surface area contributed by atoms with Crippen LogP contribution in [0.3, 0.4) is 0 Å². The number of benzene rings is 1. The van der Waals surface area contributed by atoms with E-state index in [2.05, 4.69) is 11.9 Å². The summed E-state index contributed by atoms with van der Waals surface area (Å²) < 4.78 is 7.68. The number of pyridine rings is 1. The fraction of sp³-hybridized carbons (Fsp3) is 0.174. The lowest BCUT2D eigenvalue weighted by atomic mass is 10.00. The van der Waals surface area contributed by atoms with Crippen molar-refractivity contribution in [2.24, 2.45) is 4.99 Å². The second kappa shape index (κ2) is 7.33. The average Bonchev–Trinajstić information content (AvgIpc) is 3.42. The molecule has 0 fully saturated rings. The summed E-state index contributed by atoms with van der Waals surface area (Å²) in [5, 5.41) is 5.65. The highest BCUT2D eigenvalue weighted by molar-refractivity contribution is 6.30. The molecule has 1 aromatic carbocycles. The van der Waals surface area contributed by atoms with Gasteiger partial charge in [-0.15, -0.1) is 0 Å². The number of hydrogen-bond acceptors (Lipinski definition) is 4. The Labute approximate surface area is 173 Å². The van der Waals surface area contributed by atoms with E-state index in [1.165, 1.54) is 0 Å². The first-order chi connectivity index (χ1) is 14.2. The number of aryl methyl sites for hydroxylation is 1. The summed E-state index contributed by atoms with van der Waals surface area (Å²) in [6, 6.07) is 17.6. The normalized spacial score (nSPS) is 15.8. The molecule has 0 amide bonds. The Morgan fingerprint density at radius 1 is 1.10 bits per heavy atom. The van der Waals surface area contributed by atoms with E-state index in [0.29, 0.717) is 11.4 Å². The molecule has 0 spiro atoms. The van der Waals surface area contributed by atoms with Gasteiger partial charge in [-0.2, -0.15) is 5.10 Å². The Morgan fingerprint density at radius 2 is 1.97 bits per heavy atom. The second-order valence-corrected chi connectivity index (χ2v) is 7.40. The molecule has 0 unspecified atom stereocenters. The Balaban J connectivity index is 1.74. The van der Waals surface area contributed by atoms with Crippen molar-refractivity contribution < 1.29 is 4.42 Å². The number of hydrogen-bond donors (Lipinski definition) is 0. The molecule has 0 bridgehead atoms. The third kappa shape index (κ3) is 3.17. The van der Waals surface area contributed by atoms with Crippen molar-refractivity contribution in [1.29, 1.82) is 0 Å². The molecule has 3 aromatic heterocycles. The maximum absolute atomic E-state index is 6.12. The fourth-order valence-corrected chi connectivity index (χ4v) is 3.93. The lowest BCUT2D eigenvalue weighted by Gasteiger charge is -2.23. The Morgan fingerprint density at radius 3 is 2.66 bits per heavy atom. The average molecular weight is 403 g/mol. The summed E-state index contributed by atoms with van der Waals surface area (Å²) in [6.07, 6.45) is 4.97. The van der Waals surface area contributed by atoms with Crippen molar-refractivity contribution in [3.8, 4) is 11.1 Å². The lowest BCUT2D eigenvalue weighted by molar-refractivity contribution is 0.503. The van der Waals surface area contributed by atoms with Gasteiger partial charge in [0, 0.05) is 23.2 Å². The topological polar surface area (TPSA) is 56.2 Å². The molecule has 4 heterocycles. The van der Waals surface area contributed by atoms with Crippen molar-refractivity contribution in [2.45, 2.75) is 25.8 Å². The maximum Gasteiger partial charge on any atom is 0.159 e. The first-order valence-electron chi connectivity index (χ1n) is 9.64. The molecule has 1 aliphatic heterocycles. The first kappa shape index (κ1) is 17.9. The molecule has 0 aliphatic carbocycles. The van der Waals surface area contributed by atoms with Crippen molar-refractivity contribution in [3.63, 3.8) is 0 Å². The molecule has 29 heavy (non-hydrogen) atoms. The van der Waals surface area contributed by atoms with Crippen LogP contribution in [0, 0.1) is 0 Å². The largest absolute Gasteiger partial charge is 0.463 e. The molecule has 0 saturated carbocycles. The third-order valence-corrected chi connectivity index (χ3v) is 5.43. The van der Waals surface area contributed by atoms with E-state index in [9.17, 15) is 0 Å². The highest BCUT2D eigenvalue weighted by Gasteiger charge is 2.31. The SMILES string of the molecule is CCc1nn2c(c1-c1ccc(Cl)cc1)N=C(c1ccco1)C[C@H]2c1ccccn1. The van der Waals surface area contributed by atoms with Gasteiger partial charge >= 0.3 is 0 Å². The van der Waals surface area contributed by atoms with E-state index in [-0.39, 0.29) is 6.04 Å². The number of aromatic nitrogens is 3. The number of aliphatic imine (C=N–C) groups is 1. The van der Waals surface area contributed by atoms with E-state index in [4.69, 9.17) is 26.1 Å². The van der Waals surface area contributed by atoms with E-state index in [1.54, 1.807) is 6.26 Å². The fourth-order valence-electron chi connectivity index (χ4n) is 3.80. The third-order valence-electron chi connectivity index (χ3n) is 5.18. The van der Waals surface area contributed by atoms with E-state index < -0.39 is 0 Å². The molecular formula is C23H19ClN4O. The smallest absolute Gasteiger partial charge is 0.159 e. The van der Waals surface area contributed by atoms with Crippen molar-refractivity contribution in [2.75, 3.05) is 0 Å². The Kier molecular flexibility index (Phi) is 4.52. The van der Waals surface area contributed by atoms with Gasteiger partial charge in [0.05, 0.1) is 23.4 Å². The van der Waals surface area contributed by atoms with Crippen LogP contribution in [0.25, 0.3) is 11.1 Å². The van der Waals surface area contributed by atoms with Crippen LogP contribution in [-0.2, 0) is 6.42 Å². The van der Waals surface area contributed by atoms with Gasteiger partial charge in [-0.25, -0.2) is 9.67 Å². The predicted octanol–water partition coefficient (Wildman–Crippen LogP) is 5.87. The van der Waals surface area contributed by atoms with Crippen molar-refractivity contribution in [3.05, 3.63) is 89.2 Å². The number of fused-ring (bicyclic) bond motifs is 1. The Bertz CT molecular complexity index is 1160. The van der Waals surface area contributed by atoms with Gasteiger partial charge in [0.1, 0.15) is 11.8 Å². The molecule has 0 N–H and O–H groups in total. The zero-order valence-electron chi connectivity index (χ0n) is 15.9. The molecule has 4 aromatic rings. The lowest BCUT2D eigenvalue weighted by Crippen LogP contribution is -2.21. The van der Waals surface area contributed by atoms with Crippen LogP contribution >= 0.6 is 11.6 Å². The van der Waals surface area contributed by atoms with E-state index >= 15 is 0 Å². The highest BCUT2D eigenvalue weighted by Crippen LogP contribution is 2.42. The second-order valence-electron chi connectivity index (χ2n) is 6.96. The van der Waals surface area contributed by atoms with Crippen LogP contribution in [0.1, 0.15) is 36.5 Å². The summed E-state index contributed by atoms with van der Waals surface area (Å²) in [7, 11) is 0. The van der Waals surface area contributed by atoms with Crippen LogP contribution in [0.5, 0.6) is 0 Å². The summed E-state index contributed by atoms with van der Waals surface area (Å²) in [6.45, 7) is 2.11. The molecule has 5 rings (SSSR count). The van der Waals surface area contributed by atoms with Crippen LogP contribution in [0.4, 0.5) is 5.82 Å². The number of nitrogens with zero attached hydrogens (tertiary/aromatic N) is 4. The minimum atomic E-state index is -0.0462. The molecule has 1 atom stereocenters. The highest BCUT2D eigenvalue weighted by atomic mass is 35.5. The van der Waals surface area contributed by atoms with Crippen LogP contribution in [0.15, 0.2) is 76.5 Å². The van der Waals surface area contributed by atoms with E-state index in [1.807, 2.05) is 65.5 Å². The summed E-state index contributed by atoms with van der Waals surface area (Å²) in [4.78, 5) is 9.60. The molecule has 144 valence electrons. The quantitative estimate of drug-likeness (QED) is 0.429. The molecule has 0 radical (unpaired) electrons. The minimum Gasteiger partial charge on any atom is -0.463 e. The summed E-state index contributed by atoms with van der Waals surface area (Å²) in [5.41, 5.74) is 4.95.